The minimum atomic E-state index is -0.154. The quantitative estimate of drug-likeness (QED) is 0.644. The van der Waals surface area contributed by atoms with Gasteiger partial charge in [-0.1, -0.05) is 24.3 Å². The number of hydrogen-bond donors (Lipinski definition) is 2. The van der Waals surface area contributed by atoms with Crippen LogP contribution in [0.25, 0.3) is 0 Å². The molecule has 22 heavy (non-hydrogen) atoms. The molecule has 1 aromatic carbocycles. The van der Waals surface area contributed by atoms with Crippen molar-refractivity contribution in [2.24, 2.45) is 4.99 Å². The van der Waals surface area contributed by atoms with Crippen molar-refractivity contribution in [1.29, 1.82) is 0 Å². The molecule has 0 radical (unpaired) electrons. The van der Waals surface area contributed by atoms with Crippen molar-refractivity contribution in [3.05, 3.63) is 35.4 Å². The lowest BCUT2D eigenvalue weighted by atomic mass is 9.94. The summed E-state index contributed by atoms with van der Waals surface area (Å²) in [6.45, 7) is 5.13. The third-order valence-corrected chi connectivity index (χ3v) is 4.35. The zero-order chi connectivity index (χ0) is 15.8. The number of benzene rings is 1. The van der Waals surface area contributed by atoms with E-state index in [0.717, 1.165) is 45.1 Å². The van der Waals surface area contributed by atoms with Crippen LogP contribution in [0, 0.1) is 6.92 Å². The van der Waals surface area contributed by atoms with Gasteiger partial charge in [-0.05, 0) is 18.1 Å². The van der Waals surface area contributed by atoms with E-state index < -0.39 is 0 Å². The highest BCUT2D eigenvalue weighted by Crippen LogP contribution is 2.23. The van der Waals surface area contributed by atoms with Crippen molar-refractivity contribution in [2.45, 2.75) is 31.9 Å². The Hall–Kier alpha value is -1.59. The lowest BCUT2D eigenvalue weighted by Gasteiger charge is -2.36. The molecule has 1 heterocycles. The highest BCUT2D eigenvalue weighted by Gasteiger charge is 2.32. The molecule has 0 spiro atoms. The standard InChI is InChI=1S/C17H27N3O2/c1-14-6-4-5-7-15(14)12-19-16(18-2)20-13-17(21-3)8-10-22-11-9-17/h4-7H,8-13H2,1-3H3,(H2,18,19,20). The lowest BCUT2D eigenvalue weighted by molar-refractivity contribution is -0.0855. The van der Waals surface area contributed by atoms with Gasteiger partial charge in [-0.25, -0.2) is 0 Å². The second kappa shape index (κ2) is 8.15. The number of ether oxygens (including phenoxy) is 2. The van der Waals surface area contributed by atoms with Gasteiger partial charge in [0.1, 0.15) is 0 Å². The van der Waals surface area contributed by atoms with E-state index in [-0.39, 0.29) is 5.60 Å². The molecular weight excluding hydrogens is 278 g/mol. The molecule has 2 N–H and O–H groups in total. The number of aliphatic imine (C=N–C) groups is 1. The highest BCUT2D eigenvalue weighted by molar-refractivity contribution is 5.79. The molecule has 0 amide bonds. The van der Waals surface area contributed by atoms with E-state index in [1.54, 1.807) is 14.2 Å². The zero-order valence-corrected chi connectivity index (χ0v) is 13.8. The predicted molar refractivity (Wildman–Crippen MR) is 89.2 cm³/mol. The Morgan fingerprint density at radius 3 is 2.64 bits per heavy atom. The summed E-state index contributed by atoms with van der Waals surface area (Å²) in [5.41, 5.74) is 2.40. The largest absolute Gasteiger partial charge is 0.381 e. The van der Waals surface area contributed by atoms with Gasteiger partial charge in [0.2, 0.25) is 0 Å². The van der Waals surface area contributed by atoms with Gasteiger partial charge in [0.15, 0.2) is 5.96 Å². The molecular formula is C17H27N3O2. The molecule has 5 nitrogen and oxygen atoms in total. The van der Waals surface area contributed by atoms with E-state index in [2.05, 4.69) is 46.8 Å². The van der Waals surface area contributed by atoms with Gasteiger partial charge in [0.25, 0.3) is 0 Å². The van der Waals surface area contributed by atoms with Crippen molar-refractivity contribution in [3.63, 3.8) is 0 Å². The highest BCUT2D eigenvalue weighted by atomic mass is 16.5. The van der Waals surface area contributed by atoms with Crippen LogP contribution in [-0.2, 0) is 16.0 Å². The SMILES string of the molecule is CN=C(NCc1ccccc1C)NCC1(OC)CCOCC1. The summed E-state index contributed by atoms with van der Waals surface area (Å²) in [5.74, 6) is 0.797. The number of methoxy groups -OCH3 is 1. The maximum atomic E-state index is 5.73. The lowest BCUT2D eigenvalue weighted by Crippen LogP contribution is -2.50. The molecule has 1 saturated heterocycles. The Morgan fingerprint density at radius 2 is 2.00 bits per heavy atom. The Labute approximate surface area is 133 Å². The molecule has 122 valence electrons. The van der Waals surface area contributed by atoms with E-state index in [0.29, 0.717) is 0 Å². The molecule has 1 aliphatic heterocycles. The Balaban J connectivity index is 1.86. The van der Waals surface area contributed by atoms with Crippen LogP contribution in [0.15, 0.2) is 29.3 Å². The maximum absolute atomic E-state index is 5.73. The van der Waals surface area contributed by atoms with Crippen LogP contribution in [0.2, 0.25) is 0 Å². The van der Waals surface area contributed by atoms with Crippen LogP contribution < -0.4 is 10.6 Å². The second-order valence-electron chi connectivity index (χ2n) is 5.71. The number of guanidine groups is 1. The van der Waals surface area contributed by atoms with Crippen LogP contribution >= 0.6 is 0 Å². The Kier molecular flexibility index (Phi) is 6.21. The molecule has 2 rings (SSSR count). The molecule has 0 bridgehead atoms. The average molecular weight is 305 g/mol. The fraction of sp³-hybridized carbons (Fsp3) is 0.588. The number of rotatable bonds is 5. The summed E-state index contributed by atoms with van der Waals surface area (Å²) >= 11 is 0. The molecule has 1 aliphatic rings. The monoisotopic (exact) mass is 305 g/mol. The van der Waals surface area contributed by atoms with E-state index in [1.165, 1.54) is 11.1 Å². The molecule has 1 fully saturated rings. The van der Waals surface area contributed by atoms with E-state index in [9.17, 15) is 0 Å². The number of aryl methyl sites for hydroxylation is 1. The van der Waals surface area contributed by atoms with Crippen LogP contribution in [-0.4, -0.2) is 45.5 Å². The molecule has 0 unspecified atom stereocenters. The van der Waals surface area contributed by atoms with E-state index in [1.807, 2.05) is 0 Å². The van der Waals surface area contributed by atoms with Crippen molar-refractivity contribution in [3.8, 4) is 0 Å². The third kappa shape index (κ3) is 4.45. The fourth-order valence-corrected chi connectivity index (χ4v) is 2.65. The topological polar surface area (TPSA) is 54.9 Å². The average Bonchev–Trinajstić information content (AvgIpc) is 2.57. The summed E-state index contributed by atoms with van der Waals surface area (Å²) < 4.78 is 11.2. The van der Waals surface area contributed by atoms with Crippen molar-refractivity contribution in [2.75, 3.05) is 33.9 Å². The molecule has 1 aromatic rings. The van der Waals surface area contributed by atoms with Crippen molar-refractivity contribution in [1.82, 2.24) is 10.6 Å². The number of hydrogen-bond acceptors (Lipinski definition) is 3. The first-order valence-electron chi connectivity index (χ1n) is 7.81. The predicted octanol–water partition coefficient (Wildman–Crippen LogP) is 1.86. The molecule has 0 atom stereocenters. The summed E-state index contributed by atoms with van der Waals surface area (Å²) in [6, 6.07) is 8.36. The van der Waals surface area contributed by atoms with Gasteiger partial charge in [-0.3, -0.25) is 4.99 Å². The Morgan fingerprint density at radius 1 is 1.27 bits per heavy atom. The molecule has 5 heteroatoms. The maximum Gasteiger partial charge on any atom is 0.191 e. The summed E-state index contributed by atoms with van der Waals surface area (Å²) in [5, 5.41) is 6.74. The van der Waals surface area contributed by atoms with Gasteiger partial charge in [0, 0.05) is 53.3 Å². The number of nitrogens with one attached hydrogen (secondary N) is 2. The van der Waals surface area contributed by atoms with Crippen LogP contribution in [0.1, 0.15) is 24.0 Å². The van der Waals surface area contributed by atoms with Gasteiger partial charge < -0.3 is 20.1 Å². The van der Waals surface area contributed by atoms with E-state index >= 15 is 0 Å². The van der Waals surface area contributed by atoms with Crippen molar-refractivity contribution < 1.29 is 9.47 Å². The first-order valence-corrected chi connectivity index (χ1v) is 7.81. The van der Waals surface area contributed by atoms with Crippen molar-refractivity contribution >= 4 is 5.96 Å². The van der Waals surface area contributed by atoms with Crippen LogP contribution in [0.3, 0.4) is 0 Å². The fourth-order valence-electron chi connectivity index (χ4n) is 2.65. The summed E-state index contributed by atoms with van der Waals surface area (Å²) in [6.07, 6.45) is 1.82. The van der Waals surface area contributed by atoms with Gasteiger partial charge in [-0.2, -0.15) is 0 Å². The number of nitrogens with zero attached hydrogens (tertiary/aromatic N) is 1. The minimum Gasteiger partial charge on any atom is -0.381 e. The van der Waals surface area contributed by atoms with Crippen LogP contribution in [0.4, 0.5) is 0 Å². The molecule has 0 saturated carbocycles. The molecule has 0 aliphatic carbocycles. The minimum absolute atomic E-state index is 0.154. The molecule has 0 aromatic heterocycles. The van der Waals surface area contributed by atoms with Crippen LogP contribution in [0.5, 0.6) is 0 Å². The smallest absolute Gasteiger partial charge is 0.191 e. The summed E-state index contributed by atoms with van der Waals surface area (Å²) in [7, 11) is 3.56. The normalized spacial score (nSPS) is 18.0. The second-order valence-corrected chi connectivity index (χ2v) is 5.71. The van der Waals surface area contributed by atoms with Gasteiger partial charge >= 0.3 is 0 Å². The van der Waals surface area contributed by atoms with Gasteiger partial charge in [-0.15, -0.1) is 0 Å². The first kappa shape index (κ1) is 16.8. The zero-order valence-electron chi connectivity index (χ0n) is 13.8. The Bertz CT molecular complexity index is 496. The van der Waals surface area contributed by atoms with Gasteiger partial charge in [0.05, 0.1) is 5.60 Å². The van der Waals surface area contributed by atoms with E-state index in [4.69, 9.17) is 9.47 Å². The third-order valence-electron chi connectivity index (χ3n) is 4.35. The first-order chi connectivity index (χ1) is 10.7. The summed E-state index contributed by atoms with van der Waals surface area (Å²) in [4.78, 5) is 4.29.